The molecule has 0 saturated carbocycles. The minimum absolute atomic E-state index is 0.0488. The van der Waals surface area contributed by atoms with E-state index in [9.17, 15) is 9.59 Å². The van der Waals surface area contributed by atoms with Crippen molar-refractivity contribution in [2.24, 2.45) is 0 Å². The van der Waals surface area contributed by atoms with Crippen LogP contribution in [0.2, 0.25) is 0 Å². The van der Waals surface area contributed by atoms with Gasteiger partial charge in [-0.3, -0.25) is 9.59 Å². The van der Waals surface area contributed by atoms with Gasteiger partial charge in [0.1, 0.15) is 0 Å². The third kappa shape index (κ3) is 6.59. The summed E-state index contributed by atoms with van der Waals surface area (Å²) in [5.74, 6) is -0.267. The zero-order valence-corrected chi connectivity index (χ0v) is 19.7. The lowest BCUT2D eigenvalue weighted by Crippen LogP contribution is -2.32. The molecule has 0 atom stereocenters. The molecule has 1 aliphatic rings. The van der Waals surface area contributed by atoms with Gasteiger partial charge in [-0.15, -0.1) is 0 Å². The highest BCUT2D eigenvalue weighted by Crippen LogP contribution is 2.28. The summed E-state index contributed by atoms with van der Waals surface area (Å²) in [5.41, 5.74) is 4.07. The number of nitrogens with one attached hydrogen (secondary N) is 2. The Labute approximate surface area is 192 Å². The summed E-state index contributed by atoms with van der Waals surface area (Å²) >= 11 is 0. The van der Waals surface area contributed by atoms with Crippen LogP contribution in [0.15, 0.2) is 42.5 Å². The van der Waals surface area contributed by atoms with Gasteiger partial charge in [0.15, 0.2) is 0 Å². The van der Waals surface area contributed by atoms with Crippen molar-refractivity contribution in [1.82, 2.24) is 5.32 Å². The molecule has 0 unspecified atom stereocenters. The number of carbonyl (C=O) groups excluding carboxylic acids is 2. The number of hydrogen-bond acceptors (Lipinski definition) is 3. The fourth-order valence-electron chi connectivity index (χ4n) is 4.15. The van der Waals surface area contributed by atoms with E-state index in [0.717, 1.165) is 38.0 Å². The molecule has 0 aromatic heterocycles. The summed E-state index contributed by atoms with van der Waals surface area (Å²) < 4.78 is 0. The van der Waals surface area contributed by atoms with Gasteiger partial charge in [0.25, 0.3) is 11.8 Å². The number of aryl methyl sites for hydroxylation is 1. The van der Waals surface area contributed by atoms with Crippen LogP contribution < -0.4 is 15.5 Å². The second-order valence-corrected chi connectivity index (χ2v) is 9.02. The summed E-state index contributed by atoms with van der Waals surface area (Å²) in [4.78, 5) is 27.9. The molecule has 3 rings (SSSR count). The quantitative estimate of drug-likeness (QED) is 0.464. The molecule has 1 saturated heterocycles. The molecule has 1 heterocycles. The molecule has 0 bridgehead atoms. The molecule has 1 aliphatic heterocycles. The van der Waals surface area contributed by atoms with Crippen molar-refractivity contribution in [1.29, 1.82) is 0 Å². The smallest absolute Gasteiger partial charge is 0.255 e. The Hall–Kier alpha value is -2.82. The Bertz CT molecular complexity index is 900. The SMILES string of the molecule is CCCCCCc1ccc(C(=O)Nc2ccc(N3CCCC3)c(C(=O)NC(C)C)c2)cc1. The highest BCUT2D eigenvalue weighted by Gasteiger charge is 2.21. The number of anilines is 2. The highest BCUT2D eigenvalue weighted by atomic mass is 16.2. The average molecular weight is 436 g/mol. The molecule has 5 heteroatoms. The number of benzene rings is 2. The van der Waals surface area contributed by atoms with Crippen LogP contribution in [0.3, 0.4) is 0 Å². The van der Waals surface area contributed by atoms with Gasteiger partial charge in [0.2, 0.25) is 0 Å². The van der Waals surface area contributed by atoms with Gasteiger partial charge >= 0.3 is 0 Å². The molecule has 32 heavy (non-hydrogen) atoms. The Morgan fingerprint density at radius 2 is 1.66 bits per heavy atom. The molecule has 2 amide bonds. The van der Waals surface area contributed by atoms with Crippen molar-refractivity contribution in [3.8, 4) is 0 Å². The fourth-order valence-corrected chi connectivity index (χ4v) is 4.15. The van der Waals surface area contributed by atoms with Crippen LogP contribution >= 0.6 is 0 Å². The van der Waals surface area contributed by atoms with Crippen LogP contribution in [-0.2, 0) is 6.42 Å². The standard InChI is InChI=1S/C27H37N3O2/c1-4-5-6-7-10-21-11-13-22(14-12-21)26(31)29-23-15-16-25(30-17-8-9-18-30)24(19-23)27(32)28-20(2)3/h11-16,19-20H,4-10,17-18H2,1-3H3,(H,28,32)(H,29,31). The summed E-state index contributed by atoms with van der Waals surface area (Å²) in [6.45, 7) is 8.03. The number of amides is 2. The Morgan fingerprint density at radius 1 is 0.938 bits per heavy atom. The lowest BCUT2D eigenvalue weighted by Gasteiger charge is -2.22. The molecule has 0 spiro atoms. The molecule has 0 aliphatic carbocycles. The number of hydrogen-bond donors (Lipinski definition) is 2. The van der Waals surface area contributed by atoms with Gasteiger partial charge in [-0.05, 0) is 75.4 Å². The number of unbranched alkanes of at least 4 members (excludes halogenated alkanes) is 3. The van der Waals surface area contributed by atoms with Crippen LogP contribution in [0.5, 0.6) is 0 Å². The van der Waals surface area contributed by atoms with Crippen molar-refractivity contribution in [2.45, 2.75) is 71.8 Å². The van der Waals surface area contributed by atoms with Crippen LogP contribution in [0.25, 0.3) is 0 Å². The Balaban J connectivity index is 1.70. The first-order chi connectivity index (χ1) is 15.5. The Kier molecular flexibility index (Phi) is 8.72. The molecular formula is C27H37N3O2. The van der Waals surface area contributed by atoms with Gasteiger partial charge in [0, 0.05) is 36.1 Å². The molecule has 172 valence electrons. The minimum Gasteiger partial charge on any atom is -0.371 e. The van der Waals surface area contributed by atoms with Crippen LogP contribution in [0, 0.1) is 0 Å². The third-order valence-electron chi connectivity index (χ3n) is 5.90. The maximum atomic E-state index is 12.9. The molecule has 1 fully saturated rings. The van der Waals surface area contributed by atoms with E-state index in [2.05, 4.69) is 22.5 Å². The fraction of sp³-hybridized carbons (Fsp3) is 0.481. The molecule has 2 N–H and O–H groups in total. The van der Waals surface area contributed by atoms with Crippen molar-refractivity contribution in [2.75, 3.05) is 23.3 Å². The molecule has 0 radical (unpaired) electrons. The normalized spacial score (nSPS) is 13.4. The largest absolute Gasteiger partial charge is 0.371 e. The first-order valence-corrected chi connectivity index (χ1v) is 12.1. The summed E-state index contributed by atoms with van der Waals surface area (Å²) in [5, 5.41) is 5.95. The zero-order chi connectivity index (χ0) is 22.9. The predicted octanol–water partition coefficient (Wildman–Crippen LogP) is 5.80. The van der Waals surface area contributed by atoms with E-state index < -0.39 is 0 Å². The van der Waals surface area contributed by atoms with Crippen molar-refractivity contribution < 1.29 is 9.59 Å². The van der Waals surface area contributed by atoms with E-state index in [1.807, 2.05) is 50.2 Å². The lowest BCUT2D eigenvalue weighted by molar-refractivity contribution is 0.0942. The van der Waals surface area contributed by atoms with Crippen molar-refractivity contribution in [3.63, 3.8) is 0 Å². The zero-order valence-electron chi connectivity index (χ0n) is 19.7. The third-order valence-corrected chi connectivity index (χ3v) is 5.90. The number of rotatable bonds is 10. The number of carbonyl (C=O) groups is 2. The van der Waals surface area contributed by atoms with Crippen LogP contribution in [0.1, 0.15) is 85.6 Å². The maximum absolute atomic E-state index is 12.9. The first-order valence-electron chi connectivity index (χ1n) is 12.1. The van der Waals surface area contributed by atoms with E-state index in [-0.39, 0.29) is 17.9 Å². The van der Waals surface area contributed by atoms with Gasteiger partial charge in [0.05, 0.1) is 5.56 Å². The van der Waals surface area contributed by atoms with E-state index in [1.54, 1.807) is 6.07 Å². The van der Waals surface area contributed by atoms with Gasteiger partial charge in [-0.1, -0.05) is 38.3 Å². The molecule has 2 aromatic rings. The van der Waals surface area contributed by atoms with Crippen LogP contribution in [0.4, 0.5) is 11.4 Å². The summed E-state index contributed by atoms with van der Waals surface area (Å²) in [7, 11) is 0. The second kappa shape index (κ2) is 11.7. The monoisotopic (exact) mass is 435 g/mol. The summed E-state index contributed by atoms with van der Waals surface area (Å²) in [6.07, 6.45) is 8.26. The molecule has 2 aromatic carbocycles. The Morgan fingerprint density at radius 3 is 2.31 bits per heavy atom. The van der Waals surface area contributed by atoms with Crippen LogP contribution in [-0.4, -0.2) is 30.9 Å². The van der Waals surface area contributed by atoms with Crippen molar-refractivity contribution in [3.05, 3.63) is 59.2 Å². The highest BCUT2D eigenvalue weighted by molar-refractivity contribution is 6.06. The van der Waals surface area contributed by atoms with Crippen molar-refractivity contribution >= 4 is 23.2 Å². The van der Waals surface area contributed by atoms with E-state index >= 15 is 0 Å². The average Bonchev–Trinajstić information content (AvgIpc) is 3.31. The number of nitrogens with zero attached hydrogens (tertiary/aromatic N) is 1. The second-order valence-electron chi connectivity index (χ2n) is 9.02. The van der Waals surface area contributed by atoms with E-state index in [4.69, 9.17) is 0 Å². The first kappa shape index (κ1) is 23.8. The predicted molar refractivity (Wildman–Crippen MR) is 133 cm³/mol. The van der Waals surface area contributed by atoms with E-state index in [1.165, 1.54) is 31.2 Å². The topological polar surface area (TPSA) is 61.4 Å². The summed E-state index contributed by atoms with van der Waals surface area (Å²) in [6, 6.07) is 13.5. The minimum atomic E-state index is -0.160. The van der Waals surface area contributed by atoms with Gasteiger partial charge in [-0.25, -0.2) is 0 Å². The van der Waals surface area contributed by atoms with Gasteiger partial charge in [-0.2, -0.15) is 0 Å². The van der Waals surface area contributed by atoms with E-state index in [0.29, 0.717) is 16.8 Å². The lowest BCUT2D eigenvalue weighted by atomic mass is 10.0. The molecular weight excluding hydrogens is 398 g/mol. The maximum Gasteiger partial charge on any atom is 0.255 e. The molecule has 5 nitrogen and oxygen atoms in total. The van der Waals surface area contributed by atoms with Gasteiger partial charge < -0.3 is 15.5 Å².